The van der Waals surface area contributed by atoms with Gasteiger partial charge in [0.05, 0.1) is 16.9 Å². The first kappa shape index (κ1) is 52.0. The van der Waals surface area contributed by atoms with Gasteiger partial charge in [-0.25, -0.2) is 4.79 Å². The van der Waals surface area contributed by atoms with Crippen LogP contribution in [0, 0.1) is 0 Å². The molecule has 0 radical (unpaired) electrons. The van der Waals surface area contributed by atoms with Gasteiger partial charge in [0, 0.05) is 6.42 Å². The fourth-order valence-electron chi connectivity index (χ4n) is 4.52. The highest BCUT2D eigenvalue weighted by Gasteiger charge is 2.08. The van der Waals surface area contributed by atoms with Crippen LogP contribution in [0.1, 0.15) is 61.3 Å². The molecule has 14 heteroatoms. The highest BCUT2D eigenvalue weighted by Crippen LogP contribution is 2.11. The lowest BCUT2D eigenvalue weighted by Crippen LogP contribution is -2.01. The summed E-state index contributed by atoms with van der Waals surface area (Å²) in [5.41, 5.74) is 7.43. The van der Waals surface area contributed by atoms with Crippen LogP contribution in [0.4, 0.5) is 0 Å². The van der Waals surface area contributed by atoms with Crippen LogP contribution in [0.2, 0.25) is 0 Å². The number of carboxylic acids is 3. The summed E-state index contributed by atoms with van der Waals surface area (Å²) in [6.07, 6.45) is 9.28. The molecule has 0 spiro atoms. The van der Waals surface area contributed by atoms with Crippen molar-refractivity contribution in [3.05, 3.63) is 204 Å². The van der Waals surface area contributed by atoms with E-state index in [1.54, 1.807) is 103 Å². The number of aliphatic carboxylic acids is 2. The fraction of sp³-hybridized carbons (Fsp3) is 0.0851. The van der Waals surface area contributed by atoms with Gasteiger partial charge < -0.3 is 15.3 Å². The summed E-state index contributed by atoms with van der Waals surface area (Å²) in [4.78, 5) is 30.9. The standard InChI is InChI=1S/C11H12O2.C10H10O2.C9H10O3S.C9H8O2.C8H8O3S/c1-2-9-3-5-10(6-4-9)7-8-11(12)13;1-2-8-3-5-9(6-4-8)7-10(11)12;1-2-8-3-5-9(6-4-8)7-13(10,11)12;1-2-7-3-5-8(6-4-7)9(10)11;1-2-7-3-5-8(6-4-7)12(9,10)11/h2-6H,1,7-8H2,(H,12,13);2-6H,1,7H2,(H,11,12);2-6H,1,7H2,(H,10,11,12);2-6H,1H2,(H,10,11);2-6H,1H2,(H,9,10,11). The zero-order valence-electron chi connectivity index (χ0n) is 33.2. The van der Waals surface area contributed by atoms with E-state index in [0.717, 1.165) is 38.9 Å². The number of aromatic carboxylic acids is 1. The Morgan fingerprint density at radius 1 is 0.459 bits per heavy atom. The van der Waals surface area contributed by atoms with Gasteiger partial charge in [-0.05, 0) is 75.2 Å². The molecular weight excluding hydrogens is 821 g/mol. The number of carboxylic acid groups (broad SMARTS) is 3. The topological polar surface area (TPSA) is 221 Å². The maximum absolute atomic E-state index is 10.6. The molecule has 5 rings (SSSR count). The molecule has 0 aromatic heterocycles. The van der Waals surface area contributed by atoms with Gasteiger partial charge in [-0.15, -0.1) is 0 Å². The second kappa shape index (κ2) is 26.9. The van der Waals surface area contributed by atoms with E-state index in [2.05, 4.69) is 32.9 Å². The summed E-state index contributed by atoms with van der Waals surface area (Å²) >= 11 is 0. The van der Waals surface area contributed by atoms with Crippen molar-refractivity contribution in [1.82, 2.24) is 0 Å². The Hall–Kier alpha value is -6.97. The van der Waals surface area contributed by atoms with Crippen molar-refractivity contribution in [1.29, 1.82) is 0 Å². The largest absolute Gasteiger partial charge is 0.481 e. The molecule has 5 aromatic rings. The van der Waals surface area contributed by atoms with Crippen LogP contribution < -0.4 is 0 Å². The maximum atomic E-state index is 10.6. The molecule has 0 saturated heterocycles. The Balaban J connectivity index is 0.000000382. The Morgan fingerprint density at radius 2 is 0.787 bits per heavy atom. The highest BCUT2D eigenvalue weighted by molar-refractivity contribution is 7.85. The van der Waals surface area contributed by atoms with E-state index >= 15 is 0 Å². The van der Waals surface area contributed by atoms with E-state index in [-0.39, 0.29) is 23.5 Å². The molecule has 0 unspecified atom stereocenters. The van der Waals surface area contributed by atoms with E-state index < -0.39 is 38.1 Å². The van der Waals surface area contributed by atoms with Crippen molar-refractivity contribution in [3.63, 3.8) is 0 Å². The van der Waals surface area contributed by atoms with E-state index in [4.69, 9.17) is 24.4 Å². The molecule has 0 bridgehead atoms. The second-order valence-electron chi connectivity index (χ2n) is 12.4. The molecule has 12 nitrogen and oxygen atoms in total. The monoisotopic (exact) mass is 868 g/mol. The van der Waals surface area contributed by atoms with Gasteiger partial charge in [0.2, 0.25) is 0 Å². The molecule has 0 aliphatic rings. The van der Waals surface area contributed by atoms with Crippen LogP contribution in [0.15, 0.2) is 159 Å². The molecule has 0 atom stereocenters. The van der Waals surface area contributed by atoms with Crippen LogP contribution in [-0.2, 0) is 48.4 Å². The third-order valence-electron chi connectivity index (χ3n) is 7.79. The summed E-state index contributed by atoms with van der Waals surface area (Å²) in [5.74, 6) is -2.81. The zero-order valence-corrected chi connectivity index (χ0v) is 34.8. The van der Waals surface area contributed by atoms with Crippen LogP contribution in [0.5, 0.6) is 0 Å². The summed E-state index contributed by atoms with van der Waals surface area (Å²) in [7, 11) is -7.98. The van der Waals surface area contributed by atoms with Crippen molar-refractivity contribution < 1.29 is 55.6 Å². The molecule has 5 aromatic carbocycles. The Bertz CT molecular complexity index is 2440. The van der Waals surface area contributed by atoms with Gasteiger partial charge in [-0.3, -0.25) is 18.7 Å². The molecule has 61 heavy (non-hydrogen) atoms. The van der Waals surface area contributed by atoms with Crippen molar-refractivity contribution in [3.8, 4) is 0 Å². The quantitative estimate of drug-likeness (QED) is 0.0659. The molecule has 320 valence electrons. The normalized spacial score (nSPS) is 10.1. The fourth-order valence-corrected chi connectivity index (χ4v) is 5.61. The summed E-state index contributed by atoms with van der Waals surface area (Å²) in [6, 6.07) is 34.1. The molecule has 0 aliphatic heterocycles. The predicted molar refractivity (Wildman–Crippen MR) is 242 cm³/mol. The van der Waals surface area contributed by atoms with Crippen LogP contribution >= 0.6 is 0 Å². The SMILES string of the molecule is C=Cc1ccc(C(=O)O)cc1.C=Cc1ccc(CC(=O)O)cc1.C=Cc1ccc(CCC(=O)O)cc1.C=Cc1ccc(CS(=O)(=O)O)cc1.C=Cc1ccc(S(=O)(=O)O)cc1. The van der Waals surface area contributed by atoms with Gasteiger partial charge in [0.15, 0.2) is 0 Å². The van der Waals surface area contributed by atoms with Crippen LogP contribution in [-0.4, -0.2) is 59.2 Å². The summed E-state index contributed by atoms with van der Waals surface area (Å²) < 4.78 is 59.3. The number of rotatable bonds is 14. The molecule has 0 heterocycles. The van der Waals surface area contributed by atoms with Gasteiger partial charge in [0.25, 0.3) is 20.2 Å². The Kier molecular flexibility index (Phi) is 23.0. The lowest BCUT2D eigenvalue weighted by atomic mass is 10.1. The third-order valence-corrected chi connectivity index (χ3v) is 9.35. The number of benzene rings is 5. The zero-order chi connectivity index (χ0) is 46.0. The Labute approximate surface area is 357 Å². The Morgan fingerprint density at radius 3 is 1.08 bits per heavy atom. The molecule has 0 aliphatic carbocycles. The van der Waals surface area contributed by atoms with E-state index in [1.165, 1.54) is 12.1 Å². The smallest absolute Gasteiger partial charge is 0.335 e. The predicted octanol–water partition coefficient (Wildman–Crippen LogP) is 9.63. The van der Waals surface area contributed by atoms with E-state index in [9.17, 15) is 31.2 Å². The van der Waals surface area contributed by atoms with Gasteiger partial charge in [-0.1, -0.05) is 160 Å². The lowest BCUT2D eigenvalue weighted by Gasteiger charge is -1.98. The molecule has 5 N–H and O–H groups in total. The van der Waals surface area contributed by atoms with Crippen LogP contribution in [0.25, 0.3) is 30.4 Å². The van der Waals surface area contributed by atoms with Crippen LogP contribution in [0.3, 0.4) is 0 Å². The first-order valence-corrected chi connectivity index (χ1v) is 21.0. The first-order valence-electron chi connectivity index (χ1n) is 17.9. The van der Waals surface area contributed by atoms with E-state index in [0.29, 0.717) is 17.5 Å². The van der Waals surface area contributed by atoms with Crippen molar-refractivity contribution in [2.24, 2.45) is 0 Å². The number of hydrogen-bond donors (Lipinski definition) is 5. The van der Waals surface area contributed by atoms with Crippen molar-refractivity contribution in [2.45, 2.75) is 29.9 Å². The summed E-state index contributed by atoms with van der Waals surface area (Å²) in [6.45, 7) is 17.9. The van der Waals surface area contributed by atoms with Crippen molar-refractivity contribution in [2.75, 3.05) is 0 Å². The average molecular weight is 869 g/mol. The minimum absolute atomic E-state index is 0.0808. The number of aryl methyl sites for hydroxylation is 1. The number of carbonyl (C=O) groups is 3. The van der Waals surface area contributed by atoms with Gasteiger partial charge in [-0.2, -0.15) is 16.8 Å². The number of hydrogen-bond acceptors (Lipinski definition) is 7. The molecular formula is C47H48O12S2. The van der Waals surface area contributed by atoms with Crippen molar-refractivity contribution >= 4 is 68.5 Å². The molecule has 0 fully saturated rings. The highest BCUT2D eigenvalue weighted by atomic mass is 32.2. The lowest BCUT2D eigenvalue weighted by molar-refractivity contribution is -0.137. The second-order valence-corrected chi connectivity index (χ2v) is 15.3. The maximum Gasteiger partial charge on any atom is 0.335 e. The molecule has 0 amide bonds. The average Bonchev–Trinajstić information content (AvgIpc) is 3.23. The van der Waals surface area contributed by atoms with E-state index in [1.807, 2.05) is 36.4 Å². The van der Waals surface area contributed by atoms with Gasteiger partial charge in [0.1, 0.15) is 5.75 Å². The minimum Gasteiger partial charge on any atom is -0.481 e. The first-order chi connectivity index (χ1) is 28.7. The summed E-state index contributed by atoms with van der Waals surface area (Å²) in [5, 5.41) is 25.5. The van der Waals surface area contributed by atoms with Gasteiger partial charge >= 0.3 is 17.9 Å². The molecule has 0 saturated carbocycles. The third kappa shape index (κ3) is 23.3. The minimum atomic E-state index is -4.06.